The van der Waals surface area contributed by atoms with Crippen molar-refractivity contribution in [1.82, 2.24) is 14.8 Å². The monoisotopic (exact) mass is 360 g/mol. The number of anilines is 1. The number of unbranched alkanes of at least 4 members (excludes halogenated alkanes) is 2. The number of nitrogens with zero attached hydrogens (tertiary/aromatic N) is 4. The van der Waals surface area contributed by atoms with Crippen LogP contribution in [0.2, 0.25) is 0 Å². The van der Waals surface area contributed by atoms with Gasteiger partial charge >= 0.3 is 0 Å². The van der Waals surface area contributed by atoms with Crippen molar-refractivity contribution < 1.29 is 4.74 Å². The van der Waals surface area contributed by atoms with Gasteiger partial charge in [-0.2, -0.15) is 0 Å². The number of methoxy groups -OCH3 is 1. The van der Waals surface area contributed by atoms with Crippen molar-refractivity contribution in [3.63, 3.8) is 0 Å². The number of piperidine rings is 1. The van der Waals surface area contributed by atoms with E-state index in [1.54, 1.807) is 7.11 Å². The van der Waals surface area contributed by atoms with Gasteiger partial charge in [-0.1, -0.05) is 6.07 Å². The van der Waals surface area contributed by atoms with Crippen LogP contribution >= 0.6 is 0 Å². The van der Waals surface area contributed by atoms with E-state index in [0.29, 0.717) is 0 Å². The third-order valence-electron chi connectivity index (χ3n) is 5.79. The largest absolute Gasteiger partial charge is 0.385 e. The van der Waals surface area contributed by atoms with Crippen LogP contribution in [0, 0.1) is 5.92 Å². The Hall–Kier alpha value is -1.17. The van der Waals surface area contributed by atoms with Crippen molar-refractivity contribution in [3.05, 3.63) is 24.4 Å². The first-order chi connectivity index (χ1) is 12.8. The number of ether oxygens (including phenoxy) is 1. The summed E-state index contributed by atoms with van der Waals surface area (Å²) < 4.78 is 5.14. The predicted molar refractivity (Wildman–Crippen MR) is 108 cm³/mol. The topological polar surface area (TPSA) is 31.8 Å². The summed E-state index contributed by atoms with van der Waals surface area (Å²) in [7, 11) is 1.80. The van der Waals surface area contributed by atoms with Gasteiger partial charge in [0.15, 0.2) is 0 Å². The Kier molecular flexibility index (Phi) is 8.18. The number of hydrogen-bond acceptors (Lipinski definition) is 5. The van der Waals surface area contributed by atoms with Gasteiger partial charge in [0.2, 0.25) is 0 Å². The van der Waals surface area contributed by atoms with Gasteiger partial charge < -0.3 is 14.5 Å². The molecule has 0 aliphatic carbocycles. The molecule has 146 valence electrons. The first-order valence-corrected chi connectivity index (χ1v) is 10.4. The van der Waals surface area contributed by atoms with Gasteiger partial charge in [-0.25, -0.2) is 4.98 Å². The molecule has 0 N–H and O–H groups in total. The average Bonchev–Trinajstić information content (AvgIpc) is 2.69. The van der Waals surface area contributed by atoms with Crippen LogP contribution in [0.25, 0.3) is 0 Å². The molecule has 3 heterocycles. The van der Waals surface area contributed by atoms with Crippen LogP contribution in [0.1, 0.15) is 32.1 Å². The van der Waals surface area contributed by atoms with E-state index in [1.807, 2.05) is 12.3 Å². The van der Waals surface area contributed by atoms with Crippen LogP contribution in [0.5, 0.6) is 0 Å². The molecule has 5 heteroatoms. The lowest BCUT2D eigenvalue weighted by Crippen LogP contribution is -2.49. The van der Waals surface area contributed by atoms with Crippen molar-refractivity contribution in [2.45, 2.75) is 32.1 Å². The number of piperazine rings is 1. The Labute approximate surface area is 159 Å². The van der Waals surface area contributed by atoms with Gasteiger partial charge in [0.1, 0.15) is 5.82 Å². The van der Waals surface area contributed by atoms with Crippen molar-refractivity contribution in [1.29, 1.82) is 0 Å². The summed E-state index contributed by atoms with van der Waals surface area (Å²) in [6.45, 7) is 10.6. The smallest absolute Gasteiger partial charge is 0.128 e. The van der Waals surface area contributed by atoms with Crippen molar-refractivity contribution in [2.24, 2.45) is 5.92 Å². The Morgan fingerprint density at radius 3 is 2.69 bits per heavy atom. The fourth-order valence-corrected chi connectivity index (χ4v) is 4.33. The van der Waals surface area contributed by atoms with E-state index in [2.05, 4.69) is 31.8 Å². The van der Waals surface area contributed by atoms with Gasteiger partial charge in [-0.3, -0.25) is 4.90 Å². The zero-order valence-corrected chi connectivity index (χ0v) is 16.5. The molecule has 1 aromatic rings. The van der Waals surface area contributed by atoms with E-state index < -0.39 is 0 Å². The minimum Gasteiger partial charge on any atom is -0.385 e. The molecule has 1 aromatic heterocycles. The molecule has 2 aliphatic heterocycles. The average molecular weight is 361 g/mol. The highest BCUT2D eigenvalue weighted by molar-refractivity contribution is 5.38. The van der Waals surface area contributed by atoms with Gasteiger partial charge in [-0.15, -0.1) is 0 Å². The quantitative estimate of drug-likeness (QED) is 0.632. The molecule has 0 spiro atoms. The van der Waals surface area contributed by atoms with E-state index in [9.17, 15) is 0 Å². The predicted octanol–water partition coefficient (Wildman–Crippen LogP) is 2.73. The molecule has 0 bridgehead atoms. The van der Waals surface area contributed by atoms with Crippen LogP contribution in [-0.4, -0.2) is 80.9 Å². The second-order valence-electron chi connectivity index (χ2n) is 7.84. The summed E-state index contributed by atoms with van der Waals surface area (Å²) in [4.78, 5) is 12.3. The van der Waals surface area contributed by atoms with E-state index in [1.165, 1.54) is 71.4 Å². The lowest BCUT2D eigenvalue weighted by Gasteiger charge is -2.39. The zero-order chi connectivity index (χ0) is 18.0. The number of hydrogen-bond donors (Lipinski definition) is 0. The molecule has 2 aliphatic rings. The Morgan fingerprint density at radius 2 is 1.92 bits per heavy atom. The molecule has 5 nitrogen and oxygen atoms in total. The molecule has 3 rings (SSSR count). The summed E-state index contributed by atoms with van der Waals surface area (Å²) >= 11 is 0. The molecule has 0 amide bonds. The van der Waals surface area contributed by atoms with Gasteiger partial charge in [0.05, 0.1) is 0 Å². The van der Waals surface area contributed by atoms with E-state index in [-0.39, 0.29) is 0 Å². The molecular formula is C21H36N4O. The van der Waals surface area contributed by atoms with Gasteiger partial charge in [0.25, 0.3) is 0 Å². The van der Waals surface area contributed by atoms with Gasteiger partial charge in [-0.05, 0) is 63.2 Å². The van der Waals surface area contributed by atoms with E-state index >= 15 is 0 Å². The minimum absolute atomic E-state index is 0.851. The minimum atomic E-state index is 0.851. The molecule has 1 atom stereocenters. The molecule has 0 unspecified atom stereocenters. The summed E-state index contributed by atoms with van der Waals surface area (Å²) in [6.07, 6.45) is 8.49. The number of rotatable bonds is 9. The van der Waals surface area contributed by atoms with Crippen molar-refractivity contribution in [3.8, 4) is 0 Å². The SMILES string of the molecule is COCCCCCN1CCC[C@H](CN2CCN(c3ccccn3)CC2)C1. The molecule has 0 saturated carbocycles. The molecule has 2 fully saturated rings. The lowest BCUT2D eigenvalue weighted by atomic mass is 9.96. The Morgan fingerprint density at radius 1 is 1.04 bits per heavy atom. The second kappa shape index (κ2) is 10.9. The molecule has 0 radical (unpaired) electrons. The van der Waals surface area contributed by atoms with Crippen LogP contribution in [0.3, 0.4) is 0 Å². The number of aromatic nitrogens is 1. The van der Waals surface area contributed by atoms with Crippen LogP contribution in [0.15, 0.2) is 24.4 Å². The highest BCUT2D eigenvalue weighted by atomic mass is 16.5. The summed E-state index contributed by atoms with van der Waals surface area (Å²) in [5.74, 6) is 1.98. The Balaban J connectivity index is 1.34. The van der Waals surface area contributed by atoms with Crippen molar-refractivity contribution in [2.75, 3.05) is 71.0 Å². The summed E-state index contributed by atoms with van der Waals surface area (Å²) in [5.41, 5.74) is 0. The molecular weight excluding hydrogens is 324 g/mol. The maximum Gasteiger partial charge on any atom is 0.128 e. The molecule has 26 heavy (non-hydrogen) atoms. The van der Waals surface area contributed by atoms with Crippen LogP contribution < -0.4 is 4.90 Å². The second-order valence-corrected chi connectivity index (χ2v) is 7.84. The van der Waals surface area contributed by atoms with E-state index in [0.717, 1.165) is 31.4 Å². The summed E-state index contributed by atoms with van der Waals surface area (Å²) in [5, 5.41) is 0. The highest BCUT2D eigenvalue weighted by Gasteiger charge is 2.24. The first kappa shape index (κ1) is 19.6. The molecule has 2 saturated heterocycles. The lowest BCUT2D eigenvalue weighted by molar-refractivity contribution is 0.126. The third-order valence-corrected chi connectivity index (χ3v) is 5.79. The Bertz CT molecular complexity index is 490. The van der Waals surface area contributed by atoms with Crippen molar-refractivity contribution >= 4 is 5.82 Å². The third kappa shape index (κ3) is 6.22. The zero-order valence-electron chi connectivity index (χ0n) is 16.5. The number of pyridine rings is 1. The van der Waals surface area contributed by atoms with E-state index in [4.69, 9.17) is 4.74 Å². The molecule has 0 aromatic carbocycles. The summed E-state index contributed by atoms with van der Waals surface area (Å²) in [6, 6.07) is 6.20. The normalized spacial score (nSPS) is 22.7. The van der Waals surface area contributed by atoms with Gasteiger partial charge in [0, 0.05) is 59.2 Å². The standard InChI is InChI=1S/C21H36N4O/c1-26-17-6-2-5-11-23-12-7-8-20(18-23)19-24-13-15-25(16-14-24)21-9-3-4-10-22-21/h3-4,9-10,20H,2,5-8,11-19H2,1H3/t20-/m0/s1. The maximum absolute atomic E-state index is 5.14. The van der Waals surface area contributed by atoms with Crippen LogP contribution in [0.4, 0.5) is 5.82 Å². The fourth-order valence-electron chi connectivity index (χ4n) is 4.33. The highest BCUT2D eigenvalue weighted by Crippen LogP contribution is 2.20. The fraction of sp³-hybridized carbons (Fsp3) is 0.762. The number of likely N-dealkylation sites (tertiary alicyclic amines) is 1. The first-order valence-electron chi connectivity index (χ1n) is 10.4. The maximum atomic E-state index is 5.14. The van der Waals surface area contributed by atoms with Crippen LogP contribution in [-0.2, 0) is 4.74 Å².